The minimum Gasteiger partial charge on any atom is -0.394 e. The van der Waals surface area contributed by atoms with Crippen LogP contribution in [0.15, 0.2) is 35.3 Å². The second-order valence-electron chi connectivity index (χ2n) is 6.98. The van der Waals surface area contributed by atoms with Crippen molar-refractivity contribution in [1.29, 1.82) is 0 Å². The highest BCUT2D eigenvalue weighted by atomic mass is 19.1. The van der Waals surface area contributed by atoms with Crippen molar-refractivity contribution in [3.8, 4) is 0 Å². The van der Waals surface area contributed by atoms with Gasteiger partial charge >= 0.3 is 6.03 Å². The number of rotatable bonds is 5. The highest BCUT2D eigenvalue weighted by Crippen LogP contribution is 2.30. The number of aliphatic hydroxyl groups excluding tert-OH is 1. The molecule has 7 nitrogen and oxygen atoms in total. The van der Waals surface area contributed by atoms with E-state index in [-0.39, 0.29) is 19.3 Å². The van der Waals surface area contributed by atoms with Crippen LogP contribution in [-0.4, -0.2) is 60.7 Å². The Kier molecular flexibility index (Phi) is 5.88. The third-order valence-corrected chi connectivity index (χ3v) is 4.88. The number of carbonyl (C=O) groups excluding carboxylic acids is 1. The average molecular weight is 376 g/mol. The highest BCUT2D eigenvalue weighted by molar-refractivity contribution is 5.94. The van der Waals surface area contributed by atoms with Crippen molar-refractivity contribution < 1.29 is 19.0 Å². The lowest BCUT2D eigenvalue weighted by Gasteiger charge is -2.34. The normalized spacial score (nSPS) is 25.9. The first kappa shape index (κ1) is 19.5. The number of hydrogen-bond acceptors (Lipinski definition) is 5. The zero-order valence-electron chi connectivity index (χ0n) is 15.3. The number of aliphatic hydroxyl groups is 1. The minimum atomic E-state index is -1.11. The van der Waals surface area contributed by atoms with Crippen molar-refractivity contribution in [1.82, 2.24) is 10.2 Å². The predicted octanol–water partition coefficient (Wildman–Crippen LogP) is 0.913. The van der Waals surface area contributed by atoms with Gasteiger partial charge in [-0.05, 0) is 30.7 Å². The largest absolute Gasteiger partial charge is 0.394 e. The number of amides is 2. The van der Waals surface area contributed by atoms with Gasteiger partial charge in [-0.25, -0.2) is 9.18 Å². The Hall–Kier alpha value is -2.29. The molecule has 0 aliphatic carbocycles. The third kappa shape index (κ3) is 4.52. The lowest BCUT2D eigenvalue weighted by Crippen LogP contribution is -2.50. The molecule has 1 saturated heterocycles. The van der Waals surface area contributed by atoms with E-state index in [2.05, 4.69) is 15.2 Å². The summed E-state index contributed by atoms with van der Waals surface area (Å²) in [5.74, 6) is -0.429. The van der Waals surface area contributed by atoms with E-state index < -0.39 is 17.4 Å². The molecule has 0 radical (unpaired) electrons. The molecule has 2 aliphatic heterocycles. The van der Waals surface area contributed by atoms with Crippen molar-refractivity contribution >= 4 is 11.7 Å². The lowest BCUT2D eigenvalue weighted by molar-refractivity contribution is -0.0551. The number of benzene rings is 1. The monoisotopic (exact) mass is 376 g/mol. The minimum absolute atomic E-state index is 0.0288. The molecule has 8 heteroatoms. The molecule has 2 heterocycles. The topological polar surface area (TPSA) is 100 Å². The zero-order valence-corrected chi connectivity index (χ0v) is 15.3. The van der Waals surface area contributed by atoms with E-state index in [1.165, 1.54) is 6.07 Å². The summed E-state index contributed by atoms with van der Waals surface area (Å²) in [4.78, 5) is 18.1. The Labute approximate surface area is 157 Å². The van der Waals surface area contributed by atoms with Gasteiger partial charge in [0.1, 0.15) is 11.4 Å². The predicted molar refractivity (Wildman–Crippen MR) is 100 cm³/mol. The van der Waals surface area contributed by atoms with Crippen LogP contribution < -0.4 is 11.1 Å². The summed E-state index contributed by atoms with van der Waals surface area (Å²) in [7, 11) is 0. The number of morpholine rings is 1. The smallest absolute Gasteiger partial charge is 0.313 e. The van der Waals surface area contributed by atoms with Gasteiger partial charge in [0.15, 0.2) is 0 Å². The Bertz CT molecular complexity index is 767. The number of halogens is 1. The van der Waals surface area contributed by atoms with Gasteiger partial charge in [-0.3, -0.25) is 9.89 Å². The number of allylic oxidation sites excluding steroid dienone is 1. The van der Waals surface area contributed by atoms with Crippen molar-refractivity contribution in [3.63, 3.8) is 0 Å². The Morgan fingerprint density at radius 2 is 2.37 bits per heavy atom. The van der Waals surface area contributed by atoms with E-state index in [0.717, 1.165) is 17.8 Å². The number of dihydropyridines is 1. The van der Waals surface area contributed by atoms with Gasteiger partial charge in [-0.2, -0.15) is 0 Å². The molecule has 146 valence electrons. The van der Waals surface area contributed by atoms with Gasteiger partial charge in [-0.1, -0.05) is 12.1 Å². The van der Waals surface area contributed by atoms with Crippen LogP contribution in [0.4, 0.5) is 9.18 Å². The maximum Gasteiger partial charge on any atom is 0.313 e. The van der Waals surface area contributed by atoms with Crippen LogP contribution in [0.1, 0.15) is 18.1 Å². The summed E-state index contributed by atoms with van der Waals surface area (Å²) in [6.45, 7) is 4.47. The molecular formula is C19H25FN4O3. The number of primary amides is 1. The zero-order chi connectivity index (χ0) is 19.4. The maximum atomic E-state index is 14.7. The first-order valence-corrected chi connectivity index (χ1v) is 8.93. The number of carbonyl (C=O) groups is 1. The van der Waals surface area contributed by atoms with E-state index in [0.29, 0.717) is 25.3 Å². The Morgan fingerprint density at radius 3 is 3.04 bits per heavy atom. The molecule has 0 spiro atoms. The van der Waals surface area contributed by atoms with Gasteiger partial charge in [0.25, 0.3) is 0 Å². The molecule has 4 N–H and O–H groups in total. The fraction of sp³-hybridized carbons (Fsp3) is 0.474. The molecule has 1 aromatic rings. The van der Waals surface area contributed by atoms with Crippen LogP contribution in [0, 0.1) is 5.82 Å². The van der Waals surface area contributed by atoms with Gasteiger partial charge in [-0.15, -0.1) is 0 Å². The summed E-state index contributed by atoms with van der Waals surface area (Å²) >= 11 is 0. The van der Waals surface area contributed by atoms with Crippen molar-refractivity contribution in [2.24, 2.45) is 10.7 Å². The molecule has 2 amide bonds. The van der Waals surface area contributed by atoms with E-state index in [9.17, 15) is 14.3 Å². The van der Waals surface area contributed by atoms with E-state index >= 15 is 0 Å². The molecule has 0 aromatic heterocycles. The van der Waals surface area contributed by atoms with Gasteiger partial charge < -0.3 is 20.9 Å². The maximum absolute atomic E-state index is 14.7. The molecule has 0 saturated carbocycles. The number of nitrogens with one attached hydrogen (secondary N) is 1. The van der Waals surface area contributed by atoms with Crippen LogP contribution in [0.5, 0.6) is 0 Å². The Morgan fingerprint density at radius 1 is 1.56 bits per heavy atom. The van der Waals surface area contributed by atoms with Crippen molar-refractivity contribution in [2.45, 2.75) is 25.1 Å². The molecule has 0 bridgehead atoms. The van der Waals surface area contributed by atoms with E-state index in [4.69, 9.17) is 10.5 Å². The van der Waals surface area contributed by atoms with Crippen LogP contribution in [0.2, 0.25) is 0 Å². The summed E-state index contributed by atoms with van der Waals surface area (Å²) in [5.41, 5.74) is 6.27. The van der Waals surface area contributed by atoms with Crippen molar-refractivity contribution in [2.75, 3.05) is 32.8 Å². The van der Waals surface area contributed by atoms with Crippen LogP contribution in [-0.2, 0) is 16.8 Å². The first-order chi connectivity index (χ1) is 12.9. The van der Waals surface area contributed by atoms with E-state index in [1.807, 2.05) is 6.92 Å². The molecule has 2 atom stereocenters. The molecule has 1 fully saturated rings. The summed E-state index contributed by atoms with van der Waals surface area (Å²) in [6, 6.07) is 4.13. The fourth-order valence-electron chi connectivity index (χ4n) is 3.47. The number of nitrogens with two attached hydrogens (primary N) is 1. The molecule has 2 aliphatic rings. The molecule has 3 rings (SSSR count). The lowest BCUT2D eigenvalue weighted by atomic mass is 9.86. The number of aliphatic imine (C=N–C) groups is 1. The fourth-order valence-corrected chi connectivity index (χ4v) is 3.47. The quantitative estimate of drug-likeness (QED) is 0.711. The van der Waals surface area contributed by atoms with Crippen LogP contribution >= 0.6 is 0 Å². The number of hydrogen-bond donors (Lipinski definition) is 3. The molecule has 27 heavy (non-hydrogen) atoms. The molecule has 2 unspecified atom stereocenters. The van der Waals surface area contributed by atoms with Crippen LogP contribution in [0.25, 0.3) is 0 Å². The summed E-state index contributed by atoms with van der Waals surface area (Å²) < 4.78 is 20.2. The van der Waals surface area contributed by atoms with E-state index in [1.54, 1.807) is 24.3 Å². The standard InChI is InChI=1S/C19H25FN4O3/c1-13-4-5-19(12-22-13,23-18(21)26)16-8-14(2-3-17(16)20)9-24-6-7-27-15(10-24)11-25/h2-5,8,15,25H,6-7,9-12H2,1H3,(H3,21,23,26). The molecule has 1 aromatic carbocycles. The third-order valence-electron chi connectivity index (χ3n) is 4.88. The highest BCUT2D eigenvalue weighted by Gasteiger charge is 2.35. The van der Waals surface area contributed by atoms with Crippen molar-refractivity contribution in [3.05, 3.63) is 47.3 Å². The Balaban J connectivity index is 1.87. The summed E-state index contributed by atoms with van der Waals surface area (Å²) in [5, 5.41) is 11.9. The summed E-state index contributed by atoms with van der Waals surface area (Å²) in [6.07, 6.45) is 3.28. The second kappa shape index (κ2) is 8.16. The number of nitrogens with zero attached hydrogens (tertiary/aromatic N) is 2. The van der Waals surface area contributed by atoms with Gasteiger partial charge in [0, 0.05) is 30.9 Å². The molecular weight excluding hydrogens is 351 g/mol. The van der Waals surface area contributed by atoms with Gasteiger partial charge in [0.2, 0.25) is 0 Å². The average Bonchev–Trinajstić information content (AvgIpc) is 2.65. The van der Waals surface area contributed by atoms with Crippen LogP contribution in [0.3, 0.4) is 0 Å². The second-order valence-corrected chi connectivity index (χ2v) is 6.98. The SMILES string of the molecule is CC1=NCC(NC(N)=O)(c2cc(CN3CCOC(CO)C3)ccc2F)C=C1. The van der Waals surface area contributed by atoms with Gasteiger partial charge in [0.05, 0.1) is 25.9 Å². The number of urea groups is 1. The first-order valence-electron chi connectivity index (χ1n) is 8.93. The number of ether oxygens (including phenoxy) is 1.